The van der Waals surface area contributed by atoms with E-state index in [9.17, 15) is 9.90 Å². The molecule has 0 fully saturated rings. The van der Waals surface area contributed by atoms with E-state index < -0.39 is 22.5 Å². The molecule has 3 aromatic carbocycles. The predicted octanol–water partition coefficient (Wildman–Crippen LogP) is 6.52. The molecule has 8 nitrogen and oxygen atoms in total. The molecule has 0 saturated heterocycles. The number of fused-ring (bicyclic) bond motifs is 2. The molecule has 4 rings (SSSR count). The zero-order valence-electron chi connectivity index (χ0n) is 17.2. The number of nitrogens with zero attached hydrogens (tertiary/aromatic N) is 1. The summed E-state index contributed by atoms with van der Waals surface area (Å²) in [6.07, 6.45) is 0. The van der Waals surface area contributed by atoms with Gasteiger partial charge in [-0.3, -0.25) is 0 Å². The third-order valence-corrected chi connectivity index (χ3v) is 4.37. The third-order valence-electron chi connectivity index (χ3n) is 4.37. The van der Waals surface area contributed by atoms with Crippen LogP contribution in [0.3, 0.4) is 0 Å². The van der Waals surface area contributed by atoms with Gasteiger partial charge in [0.1, 0.15) is 11.5 Å². The fraction of sp³-hybridized carbons (Fsp3) is 0.0455. The van der Waals surface area contributed by atoms with Gasteiger partial charge in [0.2, 0.25) is 0 Å². The minimum atomic E-state index is -0.946. The fourth-order valence-corrected chi connectivity index (χ4v) is 3.22. The number of ether oxygens (including phenoxy) is 1. The fourth-order valence-electron chi connectivity index (χ4n) is 3.22. The molecule has 0 radical (unpaired) electrons. The monoisotopic (exact) mass is 671 g/mol. The van der Waals surface area contributed by atoms with Crippen molar-refractivity contribution in [3.8, 4) is 11.5 Å². The normalized spacial score (nSPS) is 10.2. The Hall–Kier alpha value is -2.74. The van der Waals surface area contributed by atoms with Crippen LogP contribution in [0.4, 0.5) is 0 Å². The van der Waals surface area contributed by atoms with Gasteiger partial charge in [0.25, 0.3) is 0 Å². The van der Waals surface area contributed by atoms with E-state index in [1.807, 2.05) is 55.5 Å². The Balaban J connectivity index is 0.00000116. The van der Waals surface area contributed by atoms with Crippen LogP contribution >= 0.6 is 18.8 Å². The first-order valence-electron chi connectivity index (χ1n) is 8.60. The Labute approximate surface area is 207 Å². The van der Waals surface area contributed by atoms with E-state index in [1.165, 1.54) is 0 Å². The topological polar surface area (TPSA) is 166 Å². The van der Waals surface area contributed by atoms with Gasteiger partial charge in [0.05, 0.1) is 5.56 Å². The van der Waals surface area contributed by atoms with Crippen molar-refractivity contribution in [3.63, 3.8) is 0 Å². The number of rotatable bonds is 2. The summed E-state index contributed by atoms with van der Waals surface area (Å²) in [6.45, 7) is 5.96. The SMILES string of the molecule is C=c1ccc2c(c1)Oc1cc(C)ccc1C=2c1ccccc1C(=O)O.O=N[O-].[Cl][Pt+2][Cl].[NH2-].[NH2-]. The van der Waals surface area contributed by atoms with E-state index in [2.05, 4.69) is 6.58 Å². The number of hydrogen-bond acceptors (Lipinski definition) is 5. The van der Waals surface area contributed by atoms with Crippen molar-refractivity contribution in [1.29, 1.82) is 0 Å². The number of carbonyl (C=O) groups is 1. The number of halogens is 2. The molecule has 11 heteroatoms. The average molecular weight is 672 g/mol. The number of nitrogens with two attached hydrogens (primary N) is 2. The molecule has 0 aromatic heterocycles. The van der Waals surface area contributed by atoms with Gasteiger partial charge < -0.3 is 32.3 Å². The van der Waals surface area contributed by atoms with Crippen LogP contribution in [-0.4, -0.2) is 11.1 Å². The first kappa shape index (κ1) is 30.3. The Morgan fingerprint density at radius 2 is 1.64 bits per heavy atom. The van der Waals surface area contributed by atoms with Gasteiger partial charge in [-0.1, -0.05) is 49.0 Å². The van der Waals surface area contributed by atoms with E-state index >= 15 is 0 Å². The molecule has 3 aromatic rings. The van der Waals surface area contributed by atoms with Crippen LogP contribution in [0.5, 0.6) is 11.5 Å². The number of carboxylic acids is 1. The zero-order valence-corrected chi connectivity index (χ0v) is 21.0. The molecule has 0 spiro atoms. The van der Waals surface area contributed by atoms with E-state index in [4.69, 9.17) is 33.7 Å². The molecule has 0 unspecified atom stereocenters. The predicted molar refractivity (Wildman–Crippen MR) is 129 cm³/mol. The maximum atomic E-state index is 11.7. The minimum Gasteiger partial charge on any atom is -0.693 e. The summed E-state index contributed by atoms with van der Waals surface area (Å²) in [4.78, 5) is 19.7. The maximum absolute atomic E-state index is 11.7. The molecule has 1 aliphatic heterocycles. The summed E-state index contributed by atoms with van der Waals surface area (Å²) in [7, 11) is 9.75. The van der Waals surface area contributed by atoms with Crippen molar-refractivity contribution in [3.05, 3.63) is 116 Å². The summed E-state index contributed by atoms with van der Waals surface area (Å²) in [6, 6.07) is 18.8. The van der Waals surface area contributed by atoms with E-state index in [0.29, 0.717) is 11.3 Å². The van der Waals surface area contributed by atoms with Crippen LogP contribution in [0.2, 0.25) is 0 Å². The van der Waals surface area contributed by atoms with Crippen LogP contribution in [-0.2, 0) is 16.5 Å². The number of hydrogen-bond donors (Lipinski definition) is 1. The molecule has 5 N–H and O–H groups in total. The van der Waals surface area contributed by atoms with Crippen LogP contribution in [0.25, 0.3) is 24.5 Å². The third kappa shape index (κ3) is 7.38. The maximum Gasteiger partial charge on any atom is -0.693 e. The molecule has 33 heavy (non-hydrogen) atoms. The Kier molecular flexibility index (Phi) is 13.2. The van der Waals surface area contributed by atoms with Gasteiger partial charge in [-0.05, 0) is 41.5 Å². The Morgan fingerprint density at radius 1 is 1.03 bits per heavy atom. The first-order chi connectivity index (χ1) is 14.9. The Bertz CT molecular complexity index is 1220. The van der Waals surface area contributed by atoms with Crippen LogP contribution in [0.1, 0.15) is 27.0 Å². The van der Waals surface area contributed by atoms with Crippen LogP contribution in [0.15, 0.2) is 66.0 Å². The molecule has 1 heterocycles. The van der Waals surface area contributed by atoms with Crippen molar-refractivity contribution in [2.75, 3.05) is 0 Å². The van der Waals surface area contributed by atoms with Gasteiger partial charge in [-0.25, -0.2) is 4.79 Å². The number of aryl methyl sites for hydroxylation is 1. The van der Waals surface area contributed by atoms with Crippen molar-refractivity contribution >= 4 is 37.0 Å². The van der Waals surface area contributed by atoms with Gasteiger partial charge in [0.15, 0.2) is 0 Å². The summed E-state index contributed by atoms with van der Waals surface area (Å²) >= 11 is -0.472. The van der Waals surface area contributed by atoms with Gasteiger partial charge >= 0.3 is 41.3 Å². The number of aromatic carboxylic acids is 1. The van der Waals surface area contributed by atoms with Crippen molar-refractivity contribution in [2.45, 2.75) is 6.92 Å². The standard InChI is InChI=1S/C22H16O3.2ClH.HNO2.2H2N.Pt/c1-13-7-9-17-19(11-13)25-20-12-14(2)8-10-18(20)21(17)15-5-3-4-6-16(15)22(23)24;;;2-1-3;;;/h3-12H,1H2,2H3,(H,23,24);2*1H;(H,2,3);2*1H2;/q;;;;2*-1;+4/p-3. The molecule has 0 amide bonds. The molecule has 178 valence electrons. The smallest absolute Gasteiger partial charge is 0.693 e. The molecule has 0 aliphatic carbocycles. The zero-order chi connectivity index (χ0) is 23.0. The molecule has 1 aliphatic rings. The van der Waals surface area contributed by atoms with Crippen LogP contribution < -0.4 is 15.2 Å². The van der Waals surface area contributed by atoms with Gasteiger partial charge in [-0.2, -0.15) is 0 Å². The van der Waals surface area contributed by atoms with Crippen LogP contribution in [0, 0.1) is 17.0 Å². The minimum absolute atomic E-state index is 0. The van der Waals surface area contributed by atoms with E-state index in [1.54, 1.807) is 12.1 Å². The van der Waals surface area contributed by atoms with Gasteiger partial charge in [0, 0.05) is 16.4 Å². The first-order valence-corrected chi connectivity index (χ1v) is 14.2. The van der Waals surface area contributed by atoms with E-state index in [0.717, 1.165) is 38.2 Å². The van der Waals surface area contributed by atoms with E-state index in [-0.39, 0.29) is 17.9 Å². The Morgan fingerprint density at radius 3 is 2.24 bits per heavy atom. The van der Waals surface area contributed by atoms with Crippen molar-refractivity contribution < 1.29 is 31.1 Å². The largest absolute Gasteiger partial charge is 0.693 e. The molecule has 0 atom stereocenters. The van der Waals surface area contributed by atoms with Gasteiger partial charge in [-0.15, -0.1) is 5.34 Å². The average Bonchev–Trinajstić information content (AvgIpc) is 2.73. The van der Waals surface area contributed by atoms with Crippen molar-refractivity contribution in [1.82, 2.24) is 0 Å². The summed E-state index contributed by atoms with van der Waals surface area (Å²) in [5.41, 5.74) is 3.80. The quantitative estimate of drug-likeness (QED) is 0.189. The second-order valence-corrected chi connectivity index (χ2v) is 9.56. The molecule has 0 bridgehead atoms. The second kappa shape index (κ2) is 14.4. The summed E-state index contributed by atoms with van der Waals surface area (Å²) in [5, 5.41) is 20.3. The number of benzene rings is 3. The number of carboxylic acid groups (broad SMARTS) is 1. The molecular weight excluding hydrogens is 652 g/mol. The van der Waals surface area contributed by atoms with Crippen molar-refractivity contribution in [2.24, 2.45) is 5.34 Å². The molecule has 0 saturated carbocycles. The second-order valence-electron chi connectivity index (χ2n) is 6.28. The molecular formula is C22H20Cl2N3O5Pt-. The summed E-state index contributed by atoms with van der Waals surface area (Å²) < 4.78 is 6.08. The summed E-state index contributed by atoms with van der Waals surface area (Å²) in [5.74, 6) is 0.479.